The number of nitrogens with zero attached hydrogens (tertiary/aromatic N) is 2. The van der Waals surface area contributed by atoms with Crippen molar-refractivity contribution in [1.29, 1.82) is 0 Å². The molecule has 0 aromatic heterocycles. The highest BCUT2D eigenvalue weighted by molar-refractivity contribution is 5.84. The molecular weight excluding hydrogens is 242 g/mol. The maximum Gasteiger partial charge on any atom is 0.239 e. The smallest absolute Gasteiger partial charge is 0.239 e. The molecule has 0 bridgehead atoms. The number of rotatable bonds is 5. The number of carbonyl (C=O) groups is 1. The maximum absolute atomic E-state index is 12.3. The lowest BCUT2D eigenvalue weighted by molar-refractivity contribution is -0.132. The molecule has 2 aliphatic heterocycles. The summed E-state index contributed by atoms with van der Waals surface area (Å²) in [6, 6.07) is 0.675. The van der Waals surface area contributed by atoms with Crippen molar-refractivity contribution >= 4 is 5.91 Å². The molecule has 0 radical (unpaired) electrons. The summed E-state index contributed by atoms with van der Waals surface area (Å²) in [6.07, 6.45) is 3.62. The number of likely N-dealkylation sites (tertiary alicyclic amines) is 1. The standard InChI is InChI=1S/C14H25N3O2/c1-2-16-7-8-19-12(9-16)10-17-6-5-13(14(17)18)15-11-3-4-11/h11-13,15H,2-10H2,1H3. The molecule has 0 aromatic rings. The number of likely N-dealkylation sites (N-methyl/N-ethyl adjacent to an activating group) is 1. The third-order valence-corrected chi connectivity index (χ3v) is 4.41. The molecule has 3 fully saturated rings. The number of morpholine rings is 1. The molecule has 1 aliphatic carbocycles. The van der Waals surface area contributed by atoms with Crippen molar-refractivity contribution < 1.29 is 9.53 Å². The minimum Gasteiger partial charge on any atom is -0.374 e. The average molecular weight is 267 g/mol. The SMILES string of the molecule is CCN1CCOC(CN2CCC(NC3CC3)C2=O)C1. The van der Waals surface area contributed by atoms with Gasteiger partial charge in [0.1, 0.15) is 0 Å². The van der Waals surface area contributed by atoms with E-state index >= 15 is 0 Å². The van der Waals surface area contributed by atoms with Gasteiger partial charge >= 0.3 is 0 Å². The number of hydrogen-bond acceptors (Lipinski definition) is 4. The van der Waals surface area contributed by atoms with Gasteiger partial charge in [-0.15, -0.1) is 0 Å². The van der Waals surface area contributed by atoms with Crippen molar-refractivity contribution in [2.24, 2.45) is 0 Å². The van der Waals surface area contributed by atoms with E-state index in [4.69, 9.17) is 4.74 Å². The van der Waals surface area contributed by atoms with Crippen LogP contribution < -0.4 is 5.32 Å². The first kappa shape index (κ1) is 13.3. The van der Waals surface area contributed by atoms with E-state index < -0.39 is 0 Å². The fourth-order valence-corrected chi connectivity index (χ4v) is 3.03. The molecule has 108 valence electrons. The molecule has 1 saturated carbocycles. The summed E-state index contributed by atoms with van der Waals surface area (Å²) >= 11 is 0. The second-order valence-corrected chi connectivity index (χ2v) is 5.95. The molecule has 2 heterocycles. The van der Waals surface area contributed by atoms with Gasteiger partial charge in [-0.05, 0) is 25.8 Å². The maximum atomic E-state index is 12.3. The molecule has 2 atom stereocenters. The van der Waals surface area contributed by atoms with Gasteiger partial charge in [0, 0.05) is 32.2 Å². The van der Waals surface area contributed by atoms with Crippen LogP contribution in [0.15, 0.2) is 0 Å². The molecule has 2 unspecified atom stereocenters. The van der Waals surface area contributed by atoms with Crippen LogP contribution in [0.5, 0.6) is 0 Å². The zero-order chi connectivity index (χ0) is 13.2. The molecule has 3 rings (SSSR count). The Labute approximate surface area is 115 Å². The summed E-state index contributed by atoms with van der Waals surface area (Å²) in [5.74, 6) is 0.282. The van der Waals surface area contributed by atoms with Crippen LogP contribution in [0.2, 0.25) is 0 Å². The number of amides is 1. The topological polar surface area (TPSA) is 44.8 Å². The summed E-state index contributed by atoms with van der Waals surface area (Å²) in [7, 11) is 0. The van der Waals surface area contributed by atoms with Crippen LogP contribution in [0.25, 0.3) is 0 Å². The van der Waals surface area contributed by atoms with Crippen LogP contribution in [0.4, 0.5) is 0 Å². The Morgan fingerprint density at radius 1 is 1.32 bits per heavy atom. The third-order valence-electron chi connectivity index (χ3n) is 4.41. The van der Waals surface area contributed by atoms with Crippen molar-refractivity contribution in [3.63, 3.8) is 0 Å². The van der Waals surface area contributed by atoms with E-state index in [-0.39, 0.29) is 18.1 Å². The van der Waals surface area contributed by atoms with Crippen molar-refractivity contribution in [3.8, 4) is 0 Å². The van der Waals surface area contributed by atoms with E-state index in [1.165, 1.54) is 12.8 Å². The number of hydrogen-bond donors (Lipinski definition) is 1. The van der Waals surface area contributed by atoms with Crippen LogP contribution in [0.3, 0.4) is 0 Å². The minimum atomic E-state index is 0.0679. The average Bonchev–Trinajstić information content (AvgIpc) is 3.19. The van der Waals surface area contributed by atoms with Gasteiger partial charge in [0.05, 0.1) is 18.8 Å². The lowest BCUT2D eigenvalue weighted by Gasteiger charge is -2.34. The third kappa shape index (κ3) is 3.27. The van der Waals surface area contributed by atoms with Gasteiger partial charge in [0.25, 0.3) is 0 Å². The fraction of sp³-hybridized carbons (Fsp3) is 0.929. The number of nitrogens with one attached hydrogen (secondary N) is 1. The zero-order valence-electron chi connectivity index (χ0n) is 11.8. The minimum absolute atomic E-state index is 0.0679. The second kappa shape index (κ2) is 5.77. The van der Waals surface area contributed by atoms with Gasteiger partial charge in [-0.1, -0.05) is 6.92 Å². The van der Waals surface area contributed by atoms with E-state index in [1.807, 2.05) is 4.90 Å². The molecule has 2 saturated heterocycles. The second-order valence-electron chi connectivity index (χ2n) is 5.95. The van der Waals surface area contributed by atoms with E-state index in [2.05, 4.69) is 17.1 Å². The predicted molar refractivity (Wildman–Crippen MR) is 73.0 cm³/mol. The summed E-state index contributed by atoms with van der Waals surface area (Å²) in [6.45, 7) is 7.67. The molecule has 0 spiro atoms. The summed E-state index contributed by atoms with van der Waals surface area (Å²) in [5, 5.41) is 3.45. The quantitative estimate of drug-likeness (QED) is 0.765. The van der Waals surface area contributed by atoms with Crippen molar-refractivity contribution in [2.75, 3.05) is 39.3 Å². The lowest BCUT2D eigenvalue weighted by Crippen LogP contribution is -2.49. The van der Waals surface area contributed by atoms with E-state index in [0.29, 0.717) is 6.04 Å². The van der Waals surface area contributed by atoms with Crippen molar-refractivity contribution in [1.82, 2.24) is 15.1 Å². The Morgan fingerprint density at radius 2 is 2.16 bits per heavy atom. The largest absolute Gasteiger partial charge is 0.374 e. The summed E-state index contributed by atoms with van der Waals surface area (Å²) in [4.78, 5) is 16.7. The first-order valence-electron chi connectivity index (χ1n) is 7.65. The summed E-state index contributed by atoms with van der Waals surface area (Å²) in [5.41, 5.74) is 0. The first-order chi connectivity index (χ1) is 9.26. The molecule has 1 amide bonds. The van der Waals surface area contributed by atoms with Gasteiger partial charge in [0.15, 0.2) is 0 Å². The molecule has 0 aromatic carbocycles. The fourth-order valence-electron chi connectivity index (χ4n) is 3.03. The molecule has 1 N–H and O–H groups in total. The zero-order valence-corrected chi connectivity index (χ0v) is 11.8. The van der Waals surface area contributed by atoms with Crippen molar-refractivity contribution in [2.45, 2.75) is 44.4 Å². The number of ether oxygens (including phenoxy) is 1. The summed E-state index contributed by atoms with van der Waals surface area (Å²) < 4.78 is 5.79. The van der Waals surface area contributed by atoms with E-state index in [9.17, 15) is 4.79 Å². The Hall–Kier alpha value is -0.650. The molecular formula is C14H25N3O2. The Morgan fingerprint density at radius 3 is 2.89 bits per heavy atom. The molecule has 5 heteroatoms. The highest BCUT2D eigenvalue weighted by Crippen LogP contribution is 2.23. The van der Waals surface area contributed by atoms with Crippen molar-refractivity contribution in [3.05, 3.63) is 0 Å². The van der Waals surface area contributed by atoms with Crippen LogP contribution in [-0.2, 0) is 9.53 Å². The van der Waals surface area contributed by atoms with Gasteiger partial charge in [0.2, 0.25) is 5.91 Å². The Balaban J connectivity index is 1.48. The van der Waals surface area contributed by atoms with E-state index in [0.717, 1.165) is 45.8 Å². The van der Waals surface area contributed by atoms with Crippen LogP contribution in [0.1, 0.15) is 26.2 Å². The molecule has 5 nitrogen and oxygen atoms in total. The first-order valence-corrected chi connectivity index (χ1v) is 7.65. The van der Waals surface area contributed by atoms with Crippen LogP contribution in [-0.4, -0.2) is 73.2 Å². The van der Waals surface area contributed by atoms with Crippen LogP contribution >= 0.6 is 0 Å². The molecule has 3 aliphatic rings. The highest BCUT2D eigenvalue weighted by Gasteiger charge is 2.36. The molecule has 19 heavy (non-hydrogen) atoms. The van der Waals surface area contributed by atoms with Gasteiger partial charge in [-0.25, -0.2) is 0 Å². The van der Waals surface area contributed by atoms with Crippen LogP contribution in [0, 0.1) is 0 Å². The Bertz CT molecular complexity index is 333. The predicted octanol–water partition coefficient (Wildman–Crippen LogP) is 0.0600. The lowest BCUT2D eigenvalue weighted by atomic mass is 10.2. The normalized spacial score (nSPS) is 33.1. The van der Waals surface area contributed by atoms with Gasteiger partial charge < -0.3 is 15.0 Å². The van der Waals surface area contributed by atoms with E-state index in [1.54, 1.807) is 0 Å². The van der Waals surface area contributed by atoms with Gasteiger partial charge in [-0.2, -0.15) is 0 Å². The van der Waals surface area contributed by atoms with Gasteiger partial charge in [-0.3, -0.25) is 9.69 Å². The highest BCUT2D eigenvalue weighted by atomic mass is 16.5. The number of carbonyl (C=O) groups excluding carboxylic acids is 1. The monoisotopic (exact) mass is 267 g/mol. The Kier molecular flexibility index (Phi) is 4.05.